The number of hydrogen-bond acceptors (Lipinski definition) is 6. The minimum Gasteiger partial charge on any atom is -0.507 e. The molecular weight excluding hydrogens is 410 g/mol. The molecule has 1 aliphatic rings. The number of sulfonamides is 1. The van der Waals surface area contributed by atoms with Crippen molar-refractivity contribution in [2.24, 2.45) is 0 Å². The molecular formula is C20H21N3O4S2. The second-order valence-electron chi connectivity index (χ2n) is 7.09. The first-order valence-corrected chi connectivity index (χ1v) is 12.0. The van der Waals surface area contributed by atoms with Crippen LogP contribution in [0.15, 0.2) is 42.5 Å². The SMILES string of the molecule is CS(=O)(=O)N1CCCC[C@H]1C(=O)Nc1ccc(-c2nc3ccccc3s2)c(O)c1. The number of thiazole rings is 1. The molecule has 7 nitrogen and oxygen atoms in total. The van der Waals surface area contributed by atoms with Crippen molar-refractivity contribution in [1.82, 2.24) is 9.29 Å². The topological polar surface area (TPSA) is 99.6 Å². The van der Waals surface area contributed by atoms with Gasteiger partial charge in [0, 0.05) is 18.3 Å². The molecule has 9 heteroatoms. The van der Waals surface area contributed by atoms with E-state index in [2.05, 4.69) is 10.3 Å². The molecule has 1 saturated heterocycles. The smallest absolute Gasteiger partial charge is 0.242 e. The number of anilines is 1. The highest BCUT2D eigenvalue weighted by Crippen LogP contribution is 2.36. The molecule has 1 amide bonds. The molecule has 0 unspecified atom stereocenters. The van der Waals surface area contributed by atoms with Gasteiger partial charge in [0.05, 0.1) is 22.0 Å². The van der Waals surface area contributed by atoms with Crippen molar-refractivity contribution < 1.29 is 18.3 Å². The molecule has 0 bridgehead atoms. The predicted octanol–water partition coefficient (Wildman–Crippen LogP) is 3.42. The largest absolute Gasteiger partial charge is 0.507 e. The lowest BCUT2D eigenvalue weighted by molar-refractivity contribution is -0.120. The van der Waals surface area contributed by atoms with Crippen molar-refractivity contribution in [3.05, 3.63) is 42.5 Å². The minimum absolute atomic E-state index is 0.00506. The molecule has 0 saturated carbocycles. The number of hydrogen-bond donors (Lipinski definition) is 2. The minimum atomic E-state index is -3.46. The van der Waals surface area contributed by atoms with Crippen molar-refractivity contribution in [3.8, 4) is 16.3 Å². The van der Waals surface area contributed by atoms with Crippen LogP contribution in [0.25, 0.3) is 20.8 Å². The number of phenols is 1. The third-order valence-corrected chi connectivity index (χ3v) is 7.33. The highest BCUT2D eigenvalue weighted by atomic mass is 32.2. The number of aromatic nitrogens is 1. The number of carbonyl (C=O) groups is 1. The highest BCUT2D eigenvalue weighted by molar-refractivity contribution is 7.88. The molecule has 0 aliphatic carbocycles. The normalized spacial score (nSPS) is 18.0. The summed E-state index contributed by atoms with van der Waals surface area (Å²) < 4.78 is 26.2. The van der Waals surface area contributed by atoms with Crippen LogP contribution in [0.1, 0.15) is 19.3 Å². The fourth-order valence-electron chi connectivity index (χ4n) is 3.57. The maximum atomic E-state index is 12.7. The summed E-state index contributed by atoms with van der Waals surface area (Å²) in [7, 11) is -3.46. The number of carbonyl (C=O) groups excluding carboxylic acids is 1. The van der Waals surface area contributed by atoms with Crippen LogP contribution in [0, 0.1) is 0 Å². The molecule has 1 atom stereocenters. The van der Waals surface area contributed by atoms with Crippen LogP contribution < -0.4 is 5.32 Å². The summed E-state index contributed by atoms with van der Waals surface area (Å²) in [6, 6.07) is 11.9. The number of fused-ring (bicyclic) bond motifs is 1. The van der Waals surface area contributed by atoms with Gasteiger partial charge in [-0.2, -0.15) is 4.31 Å². The van der Waals surface area contributed by atoms with Gasteiger partial charge in [0.25, 0.3) is 0 Å². The van der Waals surface area contributed by atoms with Crippen LogP contribution in [0.5, 0.6) is 5.75 Å². The van der Waals surface area contributed by atoms with E-state index in [1.165, 1.54) is 21.7 Å². The molecule has 1 aliphatic heterocycles. The molecule has 0 spiro atoms. The van der Waals surface area contributed by atoms with Crippen LogP contribution in [0.2, 0.25) is 0 Å². The van der Waals surface area contributed by atoms with E-state index in [9.17, 15) is 18.3 Å². The van der Waals surface area contributed by atoms with Crippen molar-refractivity contribution in [3.63, 3.8) is 0 Å². The van der Waals surface area contributed by atoms with Gasteiger partial charge in [-0.1, -0.05) is 18.6 Å². The van der Waals surface area contributed by atoms with E-state index in [-0.39, 0.29) is 11.7 Å². The Bertz CT molecular complexity index is 1140. The first-order chi connectivity index (χ1) is 13.8. The lowest BCUT2D eigenvalue weighted by atomic mass is 10.0. The van der Waals surface area contributed by atoms with Crippen LogP contribution in [-0.2, 0) is 14.8 Å². The zero-order chi connectivity index (χ0) is 20.6. The maximum absolute atomic E-state index is 12.7. The van der Waals surface area contributed by atoms with E-state index in [1.54, 1.807) is 12.1 Å². The van der Waals surface area contributed by atoms with Gasteiger partial charge in [-0.3, -0.25) is 4.79 Å². The number of nitrogens with zero attached hydrogens (tertiary/aromatic N) is 2. The Labute approximate surface area is 173 Å². The Balaban J connectivity index is 1.55. The van der Waals surface area contributed by atoms with Gasteiger partial charge in [0.1, 0.15) is 16.8 Å². The number of aromatic hydroxyl groups is 1. The average Bonchev–Trinajstić information content (AvgIpc) is 3.11. The number of piperidine rings is 1. The molecule has 3 aromatic rings. The van der Waals surface area contributed by atoms with Gasteiger partial charge in [-0.15, -0.1) is 11.3 Å². The number of rotatable bonds is 4. The summed E-state index contributed by atoms with van der Waals surface area (Å²) >= 11 is 1.48. The van der Waals surface area contributed by atoms with E-state index in [1.807, 2.05) is 24.3 Å². The highest BCUT2D eigenvalue weighted by Gasteiger charge is 2.34. The number of para-hydroxylation sites is 1. The Morgan fingerprint density at radius 3 is 2.76 bits per heavy atom. The fourth-order valence-corrected chi connectivity index (χ4v) is 5.69. The number of phenolic OH excluding ortho intramolecular Hbond substituents is 1. The monoisotopic (exact) mass is 431 g/mol. The van der Waals surface area contributed by atoms with Crippen LogP contribution in [0.3, 0.4) is 0 Å². The van der Waals surface area contributed by atoms with Crippen LogP contribution in [-0.4, -0.2) is 47.6 Å². The van der Waals surface area contributed by atoms with E-state index < -0.39 is 16.1 Å². The summed E-state index contributed by atoms with van der Waals surface area (Å²) in [6.45, 7) is 0.346. The molecule has 4 rings (SSSR count). The Morgan fingerprint density at radius 1 is 1.24 bits per heavy atom. The number of benzene rings is 2. The summed E-state index contributed by atoms with van der Waals surface area (Å²) in [5.41, 5.74) is 1.86. The molecule has 1 aromatic heterocycles. The van der Waals surface area contributed by atoms with Gasteiger partial charge in [-0.25, -0.2) is 13.4 Å². The van der Waals surface area contributed by atoms with Crippen molar-refractivity contribution in [2.75, 3.05) is 18.1 Å². The van der Waals surface area contributed by atoms with Gasteiger partial charge >= 0.3 is 0 Å². The molecule has 2 aromatic carbocycles. The van der Waals surface area contributed by atoms with E-state index >= 15 is 0 Å². The predicted molar refractivity (Wildman–Crippen MR) is 115 cm³/mol. The van der Waals surface area contributed by atoms with E-state index in [0.29, 0.717) is 29.2 Å². The number of amides is 1. The molecule has 0 radical (unpaired) electrons. The number of nitrogens with one attached hydrogen (secondary N) is 1. The first-order valence-electron chi connectivity index (χ1n) is 9.29. The second-order valence-corrected chi connectivity index (χ2v) is 10.1. The van der Waals surface area contributed by atoms with E-state index in [0.717, 1.165) is 29.3 Å². The first kappa shape index (κ1) is 19.8. The average molecular weight is 432 g/mol. The van der Waals surface area contributed by atoms with Crippen LogP contribution >= 0.6 is 11.3 Å². The maximum Gasteiger partial charge on any atom is 0.242 e. The standard InChI is InChI=1S/C20H21N3O4S2/c1-29(26,27)23-11-5-4-7-16(23)19(25)21-13-9-10-14(17(24)12-13)20-22-15-6-2-3-8-18(15)28-20/h2-3,6,8-10,12,16,24H,4-5,7,11H2,1H3,(H,21,25)/t16-/m0/s1. The molecule has 2 N–H and O–H groups in total. The Morgan fingerprint density at radius 2 is 2.03 bits per heavy atom. The summed E-state index contributed by atoms with van der Waals surface area (Å²) in [6.07, 6.45) is 3.15. The molecule has 1 fully saturated rings. The lowest BCUT2D eigenvalue weighted by Crippen LogP contribution is -2.49. The van der Waals surface area contributed by atoms with Crippen molar-refractivity contribution in [1.29, 1.82) is 0 Å². The zero-order valence-electron chi connectivity index (χ0n) is 15.8. The molecule has 2 heterocycles. The van der Waals surface area contributed by atoms with Gasteiger partial charge < -0.3 is 10.4 Å². The van der Waals surface area contributed by atoms with Crippen molar-refractivity contribution >= 4 is 43.2 Å². The second kappa shape index (κ2) is 7.74. The van der Waals surface area contributed by atoms with Gasteiger partial charge in [0.2, 0.25) is 15.9 Å². The lowest BCUT2D eigenvalue weighted by Gasteiger charge is -2.32. The quantitative estimate of drug-likeness (QED) is 0.659. The third-order valence-electron chi connectivity index (χ3n) is 4.97. The van der Waals surface area contributed by atoms with Crippen LogP contribution in [0.4, 0.5) is 5.69 Å². The van der Waals surface area contributed by atoms with Gasteiger partial charge in [0.15, 0.2) is 0 Å². The molecule has 29 heavy (non-hydrogen) atoms. The van der Waals surface area contributed by atoms with E-state index in [4.69, 9.17) is 0 Å². The Hall–Kier alpha value is -2.49. The summed E-state index contributed by atoms with van der Waals surface area (Å²) in [5.74, 6) is -0.382. The fraction of sp³-hybridized carbons (Fsp3) is 0.300. The molecule has 152 valence electrons. The zero-order valence-corrected chi connectivity index (χ0v) is 17.5. The third kappa shape index (κ3) is 4.12. The van der Waals surface area contributed by atoms with Crippen molar-refractivity contribution in [2.45, 2.75) is 25.3 Å². The summed E-state index contributed by atoms with van der Waals surface area (Å²) in [4.78, 5) is 17.2. The van der Waals surface area contributed by atoms with Gasteiger partial charge in [-0.05, 0) is 37.1 Å². The Kier molecular flexibility index (Phi) is 5.28. The summed E-state index contributed by atoms with van der Waals surface area (Å²) in [5, 5.41) is 13.9.